The Morgan fingerprint density at radius 2 is 2.07 bits per heavy atom. The third kappa shape index (κ3) is 4.19. The molecule has 1 unspecified atom stereocenters. The summed E-state index contributed by atoms with van der Waals surface area (Å²) in [5.74, 6) is 0.0398. The molecule has 1 aliphatic rings. The van der Waals surface area contributed by atoms with Crippen LogP contribution in [0.25, 0.3) is 0 Å². The maximum atomic E-state index is 13.4. The van der Waals surface area contributed by atoms with E-state index in [2.05, 4.69) is 10.6 Å². The largest absolute Gasteiger partial charge is 0.492 e. The molecule has 0 spiro atoms. The lowest BCUT2D eigenvalue weighted by molar-refractivity contribution is -0.118. The van der Waals surface area contributed by atoms with Gasteiger partial charge in [-0.25, -0.2) is 9.18 Å². The first-order chi connectivity index (χ1) is 13.0. The van der Waals surface area contributed by atoms with E-state index < -0.39 is 12.1 Å². The number of halogens is 1. The number of anilines is 2. The molecule has 6 nitrogen and oxygen atoms in total. The summed E-state index contributed by atoms with van der Waals surface area (Å²) in [4.78, 5) is 26.5. The lowest BCUT2D eigenvalue weighted by Crippen LogP contribution is -2.43. The summed E-state index contributed by atoms with van der Waals surface area (Å²) in [5.41, 5.74) is 1.64. The molecule has 0 saturated carbocycles. The van der Waals surface area contributed by atoms with Crippen molar-refractivity contribution in [3.63, 3.8) is 0 Å². The van der Waals surface area contributed by atoms with Gasteiger partial charge in [-0.05, 0) is 56.2 Å². The van der Waals surface area contributed by atoms with E-state index in [1.165, 1.54) is 6.07 Å². The van der Waals surface area contributed by atoms with E-state index >= 15 is 0 Å². The van der Waals surface area contributed by atoms with Crippen molar-refractivity contribution in [3.05, 3.63) is 53.8 Å². The van der Waals surface area contributed by atoms with Gasteiger partial charge in [-0.1, -0.05) is 12.1 Å². The van der Waals surface area contributed by atoms with E-state index in [1.807, 2.05) is 13.0 Å². The molecule has 2 aromatic carbocycles. The van der Waals surface area contributed by atoms with E-state index in [0.29, 0.717) is 42.3 Å². The second kappa shape index (κ2) is 8.07. The summed E-state index contributed by atoms with van der Waals surface area (Å²) in [7, 11) is 0. The van der Waals surface area contributed by atoms with Crippen LogP contribution in [0.1, 0.15) is 18.9 Å². The van der Waals surface area contributed by atoms with Crippen LogP contribution in [0, 0.1) is 12.7 Å². The van der Waals surface area contributed by atoms with Crippen LogP contribution in [0.5, 0.6) is 5.75 Å². The Balaban J connectivity index is 1.64. The minimum Gasteiger partial charge on any atom is -0.492 e. The number of hydrogen-bond donors (Lipinski definition) is 2. The summed E-state index contributed by atoms with van der Waals surface area (Å²) < 4.78 is 18.9. The molecule has 2 aromatic rings. The van der Waals surface area contributed by atoms with Gasteiger partial charge in [-0.15, -0.1) is 0 Å². The van der Waals surface area contributed by atoms with Crippen LogP contribution in [-0.4, -0.2) is 31.1 Å². The first-order valence-corrected chi connectivity index (χ1v) is 8.86. The molecular weight excluding hydrogens is 349 g/mol. The fraction of sp³-hybridized carbons (Fsp3) is 0.300. The van der Waals surface area contributed by atoms with Crippen molar-refractivity contribution >= 4 is 23.3 Å². The minimum absolute atomic E-state index is 0.214. The Labute approximate surface area is 157 Å². The standard InChI is InChI=1S/C20H22FN3O3/c1-3-27-18-7-5-4-6-16(18)22-20(26)23-17-10-11-24(19(17)25)14-8-9-15(21)13(2)12-14/h4-9,12,17H,3,10-11H2,1-2H3,(H2,22,23,26). The average Bonchev–Trinajstić information content (AvgIpc) is 3.00. The van der Waals surface area contributed by atoms with Gasteiger partial charge in [-0.2, -0.15) is 0 Å². The van der Waals surface area contributed by atoms with Crippen LogP contribution in [0.4, 0.5) is 20.6 Å². The fourth-order valence-corrected chi connectivity index (χ4v) is 3.03. The van der Waals surface area contributed by atoms with Gasteiger partial charge in [0.2, 0.25) is 5.91 Å². The number of carbonyl (C=O) groups excluding carboxylic acids is 2. The second-order valence-electron chi connectivity index (χ2n) is 6.29. The Morgan fingerprint density at radius 1 is 1.30 bits per heavy atom. The molecule has 0 aromatic heterocycles. The summed E-state index contributed by atoms with van der Waals surface area (Å²) in [6.45, 7) is 4.45. The van der Waals surface area contributed by atoms with Crippen LogP contribution in [0.3, 0.4) is 0 Å². The molecule has 27 heavy (non-hydrogen) atoms. The number of ether oxygens (including phenoxy) is 1. The second-order valence-corrected chi connectivity index (χ2v) is 6.29. The quantitative estimate of drug-likeness (QED) is 0.846. The zero-order valence-electron chi connectivity index (χ0n) is 15.3. The molecule has 1 fully saturated rings. The highest BCUT2D eigenvalue weighted by Crippen LogP contribution is 2.25. The highest BCUT2D eigenvalue weighted by atomic mass is 19.1. The molecule has 3 amide bonds. The fourth-order valence-electron chi connectivity index (χ4n) is 3.03. The molecule has 1 heterocycles. The maximum Gasteiger partial charge on any atom is 0.319 e. The highest BCUT2D eigenvalue weighted by Gasteiger charge is 2.33. The molecule has 1 aliphatic heterocycles. The zero-order chi connectivity index (χ0) is 19.4. The van der Waals surface area contributed by atoms with Crippen LogP contribution in [-0.2, 0) is 4.79 Å². The van der Waals surface area contributed by atoms with E-state index in [0.717, 1.165) is 0 Å². The maximum absolute atomic E-state index is 13.4. The van der Waals surface area contributed by atoms with Crippen molar-refractivity contribution in [1.82, 2.24) is 5.32 Å². The third-order valence-corrected chi connectivity index (χ3v) is 4.40. The zero-order valence-corrected chi connectivity index (χ0v) is 15.3. The number of amides is 3. The number of rotatable bonds is 5. The number of nitrogens with zero attached hydrogens (tertiary/aromatic N) is 1. The van der Waals surface area contributed by atoms with Crippen LogP contribution in [0.15, 0.2) is 42.5 Å². The molecule has 1 saturated heterocycles. The molecule has 0 radical (unpaired) electrons. The Morgan fingerprint density at radius 3 is 2.81 bits per heavy atom. The SMILES string of the molecule is CCOc1ccccc1NC(=O)NC1CCN(c2ccc(F)c(C)c2)C1=O. The van der Waals surface area contributed by atoms with Crippen molar-refractivity contribution in [2.45, 2.75) is 26.3 Å². The summed E-state index contributed by atoms with van der Waals surface area (Å²) in [6, 6.07) is 10.5. The summed E-state index contributed by atoms with van der Waals surface area (Å²) >= 11 is 0. The molecule has 3 rings (SSSR count). The number of urea groups is 1. The number of aryl methyl sites for hydroxylation is 1. The van der Waals surface area contributed by atoms with Crippen molar-refractivity contribution in [2.24, 2.45) is 0 Å². The summed E-state index contributed by atoms with van der Waals surface area (Å²) in [6.07, 6.45) is 0.482. The summed E-state index contributed by atoms with van der Waals surface area (Å²) in [5, 5.41) is 5.42. The van der Waals surface area contributed by atoms with Gasteiger partial charge >= 0.3 is 6.03 Å². The number of benzene rings is 2. The molecular formula is C20H22FN3O3. The average molecular weight is 371 g/mol. The third-order valence-electron chi connectivity index (χ3n) is 4.40. The first kappa shape index (κ1) is 18.7. The van der Waals surface area contributed by atoms with Crippen LogP contribution >= 0.6 is 0 Å². The normalized spacial score (nSPS) is 16.3. The topological polar surface area (TPSA) is 70.7 Å². The van der Waals surface area contributed by atoms with Crippen molar-refractivity contribution in [2.75, 3.05) is 23.4 Å². The monoisotopic (exact) mass is 371 g/mol. The Bertz CT molecular complexity index is 856. The van der Waals surface area contributed by atoms with E-state index in [9.17, 15) is 14.0 Å². The van der Waals surface area contributed by atoms with E-state index in [4.69, 9.17) is 4.74 Å². The number of nitrogens with one attached hydrogen (secondary N) is 2. The van der Waals surface area contributed by atoms with Gasteiger partial charge in [0, 0.05) is 12.2 Å². The predicted molar refractivity (Wildman–Crippen MR) is 102 cm³/mol. The highest BCUT2D eigenvalue weighted by molar-refractivity contribution is 6.02. The lowest BCUT2D eigenvalue weighted by Gasteiger charge is -2.18. The molecule has 7 heteroatoms. The lowest BCUT2D eigenvalue weighted by atomic mass is 10.2. The van der Waals surface area contributed by atoms with Gasteiger partial charge in [-0.3, -0.25) is 4.79 Å². The molecule has 0 aliphatic carbocycles. The molecule has 142 valence electrons. The van der Waals surface area contributed by atoms with E-state index in [1.54, 1.807) is 42.2 Å². The Hall–Kier alpha value is -3.09. The smallest absolute Gasteiger partial charge is 0.319 e. The van der Waals surface area contributed by atoms with Gasteiger partial charge < -0.3 is 20.3 Å². The van der Waals surface area contributed by atoms with Crippen LogP contribution in [0.2, 0.25) is 0 Å². The first-order valence-electron chi connectivity index (χ1n) is 8.86. The van der Waals surface area contributed by atoms with Crippen molar-refractivity contribution in [3.8, 4) is 5.75 Å². The number of carbonyl (C=O) groups is 2. The van der Waals surface area contributed by atoms with Crippen LogP contribution < -0.4 is 20.3 Å². The van der Waals surface area contributed by atoms with Crippen molar-refractivity contribution < 1.29 is 18.7 Å². The van der Waals surface area contributed by atoms with E-state index in [-0.39, 0.29) is 11.7 Å². The van der Waals surface area contributed by atoms with Gasteiger partial charge in [0.1, 0.15) is 17.6 Å². The number of para-hydroxylation sites is 2. The minimum atomic E-state index is -0.630. The predicted octanol–water partition coefficient (Wildman–Crippen LogP) is 3.46. The van der Waals surface area contributed by atoms with Gasteiger partial charge in [0.25, 0.3) is 0 Å². The molecule has 0 bridgehead atoms. The Kier molecular flexibility index (Phi) is 5.59. The number of hydrogen-bond acceptors (Lipinski definition) is 3. The molecule has 1 atom stereocenters. The molecule has 2 N–H and O–H groups in total. The van der Waals surface area contributed by atoms with Gasteiger partial charge in [0.05, 0.1) is 12.3 Å². The van der Waals surface area contributed by atoms with Crippen molar-refractivity contribution in [1.29, 1.82) is 0 Å². The van der Waals surface area contributed by atoms with Gasteiger partial charge in [0.15, 0.2) is 0 Å².